The van der Waals surface area contributed by atoms with Gasteiger partial charge in [0.1, 0.15) is 0 Å². The monoisotopic (exact) mass is 504 g/mol. The van der Waals surface area contributed by atoms with Crippen molar-refractivity contribution in [2.45, 2.75) is 104 Å². The van der Waals surface area contributed by atoms with Crippen LogP contribution in [-0.4, -0.2) is 47.2 Å². The molecule has 0 aromatic carbocycles. The van der Waals surface area contributed by atoms with Gasteiger partial charge in [-0.2, -0.15) is 0 Å². The highest BCUT2D eigenvalue weighted by molar-refractivity contribution is 6.70. The van der Waals surface area contributed by atoms with E-state index in [4.69, 9.17) is 13.6 Å². The van der Waals surface area contributed by atoms with Crippen LogP contribution in [0, 0.1) is 34.5 Å². The number of hydrogen-bond donors (Lipinski definition) is 0. The second kappa shape index (κ2) is 8.20. The summed E-state index contributed by atoms with van der Waals surface area (Å²) < 4.78 is 19.8. The predicted octanol–water partition coefficient (Wildman–Crippen LogP) is 5.72. The average Bonchev–Trinajstić information content (AvgIpc) is 3.24. The molecule has 2 bridgehead atoms. The summed E-state index contributed by atoms with van der Waals surface area (Å²) in [4.78, 5) is 25.9. The van der Waals surface area contributed by atoms with Gasteiger partial charge in [0.25, 0.3) is 0 Å². The molecule has 5 rings (SSSR count). The van der Waals surface area contributed by atoms with Crippen LogP contribution in [0.2, 0.25) is 39.3 Å². The Morgan fingerprint density at radius 2 is 1.82 bits per heavy atom. The number of Topliss-reactive ketones (excluding diaryl/α,β-unsaturated/α-hetero) is 1. The lowest BCUT2D eigenvalue weighted by Crippen LogP contribution is -2.56. The second-order valence-electron chi connectivity index (χ2n) is 13.9. The summed E-state index contributed by atoms with van der Waals surface area (Å²) in [5, 5.41) is 0. The van der Waals surface area contributed by atoms with E-state index in [-0.39, 0.29) is 47.3 Å². The van der Waals surface area contributed by atoms with Crippen molar-refractivity contribution in [3.8, 4) is 0 Å². The van der Waals surface area contributed by atoms with Crippen molar-refractivity contribution in [2.24, 2.45) is 34.5 Å². The molecule has 4 fully saturated rings. The van der Waals surface area contributed by atoms with Gasteiger partial charge in [0.2, 0.25) is 0 Å². The first kappa shape index (κ1) is 25.1. The molecule has 0 amide bonds. The standard InChI is InChI=1S/C27H44O5Si2/c1-26-13-12-18(28)14-17(26)8-9-19-20-10-11-21(22(29)16-30-33(2,3)4)27(20)15-23(24(19)26)31-25(27)32-34(5,6)7/h14,19-21,23-25H,8-13,15-16H2,1-7H3/t19-,20-,21+,23?,24+,25?,26-,27+/m0/s1. The average molecular weight is 505 g/mol. The molecule has 8 atom stereocenters. The molecule has 0 aromatic heterocycles. The SMILES string of the molecule is C[C@]12CCC(=O)C=C1CC[C@H]1[C@@H]3CC[C@H](C(=O)CO[Si](C)(C)C)[C@@]34CC(OC4O[Si](C)(C)C)[C@@H]12. The van der Waals surface area contributed by atoms with Crippen LogP contribution in [0.25, 0.3) is 0 Å². The smallest absolute Gasteiger partial charge is 0.187 e. The van der Waals surface area contributed by atoms with E-state index in [0.29, 0.717) is 24.2 Å². The lowest BCUT2D eigenvalue weighted by atomic mass is 9.46. The minimum atomic E-state index is -1.89. The van der Waals surface area contributed by atoms with Crippen LogP contribution < -0.4 is 0 Å². The van der Waals surface area contributed by atoms with Crippen LogP contribution in [0.4, 0.5) is 0 Å². The number of fused-ring (bicyclic) bond motifs is 6. The Balaban J connectivity index is 1.52. The molecular weight excluding hydrogens is 460 g/mol. The van der Waals surface area contributed by atoms with Crippen molar-refractivity contribution < 1.29 is 23.2 Å². The highest BCUT2D eigenvalue weighted by atomic mass is 28.4. The molecule has 0 radical (unpaired) electrons. The van der Waals surface area contributed by atoms with Crippen molar-refractivity contribution >= 4 is 28.2 Å². The normalized spacial score (nSPS) is 43.7. The maximum absolute atomic E-state index is 13.7. The van der Waals surface area contributed by atoms with Gasteiger partial charge in [-0.3, -0.25) is 9.59 Å². The quantitative estimate of drug-likeness (QED) is 0.433. The molecule has 1 aliphatic heterocycles. The number of ketones is 2. The number of allylic oxidation sites excluding steroid dienone is 1. The molecule has 1 saturated heterocycles. The first-order valence-electron chi connectivity index (χ1n) is 13.5. The summed E-state index contributed by atoms with van der Waals surface area (Å²) >= 11 is 0. The fourth-order valence-electron chi connectivity index (χ4n) is 8.51. The van der Waals surface area contributed by atoms with Gasteiger partial charge < -0.3 is 13.6 Å². The van der Waals surface area contributed by atoms with Crippen molar-refractivity contribution in [2.75, 3.05) is 6.61 Å². The van der Waals surface area contributed by atoms with E-state index >= 15 is 0 Å². The third-order valence-corrected chi connectivity index (χ3v) is 11.6. The van der Waals surface area contributed by atoms with Crippen molar-refractivity contribution in [1.29, 1.82) is 0 Å². The van der Waals surface area contributed by atoms with Gasteiger partial charge in [-0.25, -0.2) is 0 Å². The maximum Gasteiger partial charge on any atom is 0.187 e. The van der Waals surface area contributed by atoms with E-state index in [1.54, 1.807) is 0 Å². The zero-order valence-electron chi connectivity index (χ0n) is 22.2. The predicted molar refractivity (Wildman–Crippen MR) is 137 cm³/mol. The van der Waals surface area contributed by atoms with E-state index in [2.05, 4.69) is 46.2 Å². The molecule has 1 heterocycles. The first-order chi connectivity index (χ1) is 15.7. The van der Waals surface area contributed by atoms with Crippen LogP contribution in [-0.2, 0) is 23.2 Å². The lowest BCUT2D eigenvalue weighted by Gasteiger charge is -2.57. The molecule has 5 nitrogen and oxygen atoms in total. The molecule has 0 N–H and O–H groups in total. The molecule has 1 spiro atoms. The number of carbonyl (C=O) groups is 2. The van der Waals surface area contributed by atoms with E-state index in [9.17, 15) is 9.59 Å². The van der Waals surface area contributed by atoms with E-state index in [1.807, 2.05) is 6.08 Å². The van der Waals surface area contributed by atoms with Gasteiger partial charge in [-0.15, -0.1) is 0 Å². The molecule has 2 unspecified atom stereocenters. The van der Waals surface area contributed by atoms with Crippen LogP contribution >= 0.6 is 0 Å². The molecule has 4 aliphatic carbocycles. The van der Waals surface area contributed by atoms with Gasteiger partial charge >= 0.3 is 0 Å². The minimum absolute atomic E-state index is 0.0289. The molecular formula is C27H44O5Si2. The molecule has 34 heavy (non-hydrogen) atoms. The zero-order valence-corrected chi connectivity index (χ0v) is 24.2. The number of ether oxygens (including phenoxy) is 1. The number of rotatable bonds is 6. The Hall–Kier alpha value is -0.606. The van der Waals surface area contributed by atoms with Gasteiger partial charge in [0.15, 0.2) is 34.5 Å². The van der Waals surface area contributed by atoms with Gasteiger partial charge in [-0.1, -0.05) is 12.5 Å². The lowest BCUT2D eigenvalue weighted by molar-refractivity contribution is -0.152. The van der Waals surface area contributed by atoms with Gasteiger partial charge in [0.05, 0.1) is 12.7 Å². The summed E-state index contributed by atoms with van der Waals surface area (Å²) in [5.41, 5.74) is 1.17. The Morgan fingerprint density at radius 1 is 1.09 bits per heavy atom. The van der Waals surface area contributed by atoms with E-state index < -0.39 is 16.6 Å². The third kappa shape index (κ3) is 3.98. The Labute approximate surface area is 207 Å². The Kier molecular flexibility index (Phi) is 6.04. The molecule has 190 valence electrons. The highest BCUT2D eigenvalue weighted by Crippen LogP contribution is 2.71. The Bertz CT molecular complexity index is 902. The maximum atomic E-state index is 13.7. The molecule has 0 aromatic rings. The Morgan fingerprint density at radius 3 is 2.50 bits per heavy atom. The second-order valence-corrected chi connectivity index (χ2v) is 22.9. The van der Waals surface area contributed by atoms with E-state index in [1.165, 1.54) is 5.57 Å². The largest absolute Gasteiger partial charge is 0.410 e. The van der Waals surface area contributed by atoms with Gasteiger partial charge in [0, 0.05) is 17.8 Å². The highest BCUT2D eigenvalue weighted by Gasteiger charge is 2.72. The van der Waals surface area contributed by atoms with Crippen molar-refractivity contribution in [3.05, 3.63) is 11.6 Å². The van der Waals surface area contributed by atoms with E-state index in [0.717, 1.165) is 38.5 Å². The summed E-state index contributed by atoms with van der Waals surface area (Å²) in [6, 6.07) is 0. The summed E-state index contributed by atoms with van der Waals surface area (Å²) in [5.74, 6) is 1.94. The van der Waals surface area contributed by atoms with Gasteiger partial charge in [-0.05, 0) is 107 Å². The summed E-state index contributed by atoms with van der Waals surface area (Å²) in [6.07, 6.45) is 8.43. The van der Waals surface area contributed by atoms with Crippen molar-refractivity contribution in [3.63, 3.8) is 0 Å². The van der Waals surface area contributed by atoms with Crippen LogP contribution in [0.1, 0.15) is 51.9 Å². The fraction of sp³-hybridized carbons (Fsp3) is 0.852. The molecule has 3 saturated carbocycles. The minimum Gasteiger partial charge on any atom is -0.410 e. The zero-order chi connectivity index (χ0) is 24.7. The topological polar surface area (TPSA) is 61.8 Å². The van der Waals surface area contributed by atoms with Crippen LogP contribution in [0.15, 0.2) is 11.6 Å². The molecule has 7 heteroatoms. The number of carbonyl (C=O) groups excluding carboxylic acids is 2. The van der Waals surface area contributed by atoms with Crippen LogP contribution in [0.5, 0.6) is 0 Å². The van der Waals surface area contributed by atoms with Crippen molar-refractivity contribution in [1.82, 2.24) is 0 Å². The number of hydrogen-bond acceptors (Lipinski definition) is 5. The summed E-state index contributed by atoms with van der Waals surface area (Å²) in [7, 11) is -3.66. The summed E-state index contributed by atoms with van der Waals surface area (Å²) in [6.45, 7) is 15.8. The third-order valence-electron chi connectivity index (χ3n) is 9.71. The fourth-order valence-corrected chi connectivity index (χ4v) is 10.0. The first-order valence-corrected chi connectivity index (χ1v) is 20.3. The molecule has 5 aliphatic rings. The van der Waals surface area contributed by atoms with Crippen LogP contribution in [0.3, 0.4) is 0 Å².